The molecule has 0 saturated heterocycles. The van der Waals surface area contributed by atoms with E-state index in [1.165, 1.54) is 0 Å². The predicted octanol–water partition coefficient (Wildman–Crippen LogP) is 3.98. The number of aryl methyl sites for hydroxylation is 1. The Labute approximate surface area is 189 Å². The van der Waals surface area contributed by atoms with E-state index >= 15 is 0 Å². The van der Waals surface area contributed by atoms with E-state index in [-0.39, 0.29) is 23.4 Å². The summed E-state index contributed by atoms with van der Waals surface area (Å²) in [4.78, 5) is 12.6. The molecule has 0 aliphatic heterocycles. The summed E-state index contributed by atoms with van der Waals surface area (Å²) in [5.74, 6) is 0.655. The van der Waals surface area contributed by atoms with Crippen molar-refractivity contribution in [1.82, 2.24) is 10.0 Å². The highest BCUT2D eigenvalue weighted by Crippen LogP contribution is 2.24. The van der Waals surface area contributed by atoms with Crippen LogP contribution in [0.4, 0.5) is 0 Å². The summed E-state index contributed by atoms with van der Waals surface area (Å²) in [6, 6.07) is 23.4. The first-order valence-corrected chi connectivity index (χ1v) is 11.9. The van der Waals surface area contributed by atoms with Gasteiger partial charge in [0.2, 0.25) is 15.9 Å². The Kier molecular flexibility index (Phi) is 8.03. The SMILES string of the molecule is COc1ccccc1[C@H](C)NC(=O)CCc1ccc(S(=O)(=O)NCc2ccccc2)cc1. The van der Waals surface area contributed by atoms with Crippen LogP contribution in [0.5, 0.6) is 5.75 Å². The maximum absolute atomic E-state index is 12.5. The molecule has 0 aromatic heterocycles. The topological polar surface area (TPSA) is 84.5 Å². The van der Waals surface area contributed by atoms with Crippen LogP contribution in [-0.2, 0) is 27.8 Å². The van der Waals surface area contributed by atoms with Crippen molar-refractivity contribution in [3.63, 3.8) is 0 Å². The number of ether oxygens (including phenoxy) is 1. The van der Waals surface area contributed by atoms with Gasteiger partial charge in [0.05, 0.1) is 18.0 Å². The van der Waals surface area contributed by atoms with E-state index in [0.29, 0.717) is 12.8 Å². The van der Waals surface area contributed by atoms with Crippen LogP contribution in [0.2, 0.25) is 0 Å². The van der Waals surface area contributed by atoms with Crippen molar-refractivity contribution in [2.45, 2.75) is 37.2 Å². The van der Waals surface area contributed by atoms with Crippen LogP contribution in [0.1, 0.15) is 36.1 Å². The first-order chi connectivity index (χ1) is 15.4. The Morgan fingerprint density at radius 2 is 1.56 bits per heavy atom. The maximum Gasteiger partial charge on any atom is 0.240 e. The van der Waals surface area contributed by atoms with Gasteiger partial charge in [-0.2, -0.15) is 0 Å². The molecule has 6 nitrogen and oxygen atoms in total. The minimum Gasteiger partial charge on any atom is -0.496 e. The van der Waals surface area contributed by atoms with Crippen molar-refractivity contribution in [2.75, 3.05) is 7.11 Å². The third-order valence-corrected chi connectivity index (χ3v) is 6.58. The second kappa shape index (κ2) is 10.9. The second-order valence-corrected chi connectivity index (χ2v) is 9.25. The molecule has 0 heterocycles. The van der Waals surface area contributed by atoms with Gasteiger partial charge in [0.15, 0.2) is 0 Å². The van der Waals surface area contributed by atoms with Crippen LogP contribution < -0.4 is 14.8 Å². The Morgan fingerprint density at radius 1 is 0.906 bits per heavy atom. The molecular weight excluding hydrogens is 424 g/mol. The number of hydrogen-bond donors (Lipinski definition) is 2. The van der Waals surface area contributed by atoms with Crippen molar-refractivity contribution in [1.29, 1.82) is 0 Å². The molecule has 0 radical (unpaired) electrons. The molecule has 32 heavy (non-hydrogen) atoms. The summed E-state index contributed by atoms with van der Waals surface area (Å²) in [6.45, 7) is 2.15. The summed E-state index contributed by atoms with van der Waals surface area (Å²) in [5, 5.41) is 2.98. The summed E-state index contributed by atoms with van der Waals surface area (Å²) in [7, 11) is -2.00. The Hall–Kier alpha value is -3.16. The largest absolute Gasteiger partial charge is 0.496 e. The third kappa shape index (κ3) is 6.42. The van der Waals surface area contributed by atoms with Crippen LogP contribution in [0.15, 0.2) is 83.8 Å². The summed E-state index contributed by atoms with van der Waals surface area (Å²) in [6.07, 6.45) is 0.820. The maximum atomic E-state index is 12.5. The number of sulfonamides is 1. The Balaban J connectivity index is 1.52. The zero-order valence-corrected chi connectivity index (χ0v) is 19.1. The van der Waals surface area contributed by atoms with Crippen LogP contribution in [-0.4, -0.2) is 21.4 Å². The number of nitrogens with one attached hydrogen (secondary N) is 2. The van der Waals surface area contributed by atoms with Crippen molar-refractivity contribution in [3.05, 3.63) is 95.6 Å². The van der Waals surface area contributed by atoms with E-state index in [2.05, 4.69) is 10.0 Å². The smallest absolute Gasteiger partial charge is 0.240 e. The molecule has 3 aromatic carbocycles. The van der Waals surface area contributed by atoms with Crippen LogP contribution in [0, 0.1) is 0 Å². The molecule has 0 aliphatic rings. The molecule has 3 aromatic rings. The summed E-state index contributed by atoms with van der Waals surface area (Å²) >= 11 is 0. The number of carbonyl (C=O) groups excluding carboxylic acids is 1. The van der Waals surface area contributed by atoms with Crippen LogP contribution in [0.25, 0.3) is 0 Å². The zero-order valence-electron chi connectivity index (χ0n) is 18.2. The Bertz CT molecular complexity index is 1130. The molecule has 0 spiro atoms. The summed E-state index contributed by atoms with van der Waals surface area (Å²) < 4.78 is 33.0. The van der Waals surface area contributed by atoms with Gasteiger partial charge >= 0.3 is 0 Å². The number of carbonyl (C=O) groups is 1. The highest BCUT2D eigenvalue weighted by atomic mass is 32.2. The number of benzene rings is 3. The van der Waals surface area contributed by atoms with E-state index in [1.807, 2.05) is 61.5 Å². The molecule has 7 heteroatoms. The van der Waals surface area contributed by atoms with Gasteiger partial charge in [-0.25, -0.2) is 13.1 Å². The molecule has 1 atom stereocenters. The fraction of sp³-hybridized carbons (Fsp3) is 0.240. The van der Waals surface area contributed by atoms with Crippen LogP contribution >= 0.6 is 0 Å². The fourth-order valence-electron chi connectivity index (χ4n) is 3.37. The molecule has 0 saturated carbocycles. The number of hydrogen-bond acceptors (Lipinski definition) is 4. The lowest BCUT2D eigenvalue weighted by Crippen LogP contribution is -2.27. The van der Waals surface area contributed by atoms with Crippen LogP contribution in [0.3, 0.4) is 0 Å². The fourth-order valence-corrected chi connectivity index (χ4v) is 4.38. The standard InChI is InChI=1S/C25H28N2O4S/c1-19(23-10-6-7-11-24(23)31-2)27-25(28)17-14-20-12-15-22(16-13-20)32(29,30)26-18-21-8-4-3-5-9-21/h3-13,15-16,19,26H,14,17-18H2,1-2H3,(H,27,28)/t19-/m0/s1. The first-order valence-electron chi connectivity index (χ1n) is 10.4. The normalized spacial score (nSPS) is 12.2. The number of para-hydroxylation sites is 1. The van der Waals surface area contributed by atoms with Gasteiger partial charge in [-0.3, -0.25) is 4.79 Å². The molecule has 0 unspecified atom stereocenters. The number of methoxy groups -OCH3 is 1. The quantitative estimate of drug-likeness (QED) is 0.487. The highest BCUT2D eigenvalue weighted by Gasteiger charge is 2.15. The molecule has 2 N–H and O–H groups in total. The second-order valence-electron chi connectivity index (χ2n) is 7.49. The number of rotatable bonds is 10. The monoisotopic (exact) mass is 452 g/mol. The van der Waals surface area contributed by atoms with Gasteiger partial charge in [0, 0.05) is 18.5 Å². The van der Waals surface area contributed by atoms with Gasteiger partial charge in [-0.1, -0.05) is 60.7 Å². The van der Waals surface area contributed by atoms with E-state index < -0.39 is 10.0 Å². The lowest BCUT2D eigenvalue weighted by molar-refractivity contribution is -0.121. The van der Waals surface area contributed by atoms with Gasteiger partial charge in [-0.15, -0.1) is 0 Å². The van der Waals surface area contributed by atoms with E-state index in [4.69, 9.17) is 4.74 Å². The van der Waals surface area contributed by atoms with Crippen molar-refractivity contribution >= 4 is 15.9 Å². The Morgan fingerprint density at radius 3 is 2.25 bits per heavy atom. The molecular formula is C25H28N2O4S. The van der Waals surface area contributed by atoms with Crippen molar-refractivity contribution in [2.24, 2.45) is 0 Å². The lowest BCUT2D eigenvalue weighted by atomic mass is 10.1. The average Bonchev–Trinajstić information content (AvgIpc) is 2.82. The molecule has 3 rings (SSSR count). The van der Waals surface area contributed by atoms with Gasteiger partial charge in [-0.05, 0) is 42.7 Å². The van der Waals surface area contributed by atoms with Crippen molar-refractivity contribution in [3.8, 4) is 5.75 Å². The van der Waals surface area contributed by atoms with E-state index in [1.54, 1.807) is 31.4 Å². The van der Waals surface area contributed by atoms with Crippen molar-refractivity contribution < 1.29 is 17.9 Å². The molecule has 1 amide bonds. The first kappa shape index (κ1) is 23.5. The predicted molar refractivity (Wildman–Crippen MR) is 125 cm³/mol. The minimum absolute atomic E-state index is 0.0790. The highest BCUT2D eigenvalue weighted by molar-refractivity contribution is 7.89. The summed E-state index contributed by atoms with van der Waals surface area (Å²) in [5.41, 5.74) is 2.70. The molecule has 0 fully saturated rings. The zero-order chi connectivity index (χ0) is 23.0. The van der Waals surface area contributed by atoms with Gasteiger partial charge < -0.3 is 10.1 Å². The number of amides is 1. The van der Waals surface area contributed by atoms with E-state index in [0.717, 1.165) is 22.4 Å². The molecule has 0 aliphatic carbocycles. The van der Waals surface area contributed by atoms with Gasteiger partial charge in [0.1, 0.15) is 5.75 Å². The molecule has 168 valence electrons. The third-order valence-electron chi connectivity index (χ3n) is 5.17. The van der Waals surface area contributed by atoms with Gasteiger partial charge in [0.25, 0.3) is 0 Å². The average molecular weight is 453 g/mol. The molecule has 0 bridgehead atoms. The lowest BCUT2D eigenvalue weighted by Gasteiger charge is -2.17. The van der Waals surface area contributed by atoms with E-state index in [9.17, 15) is 13.2 Å². The minimum atomic E-state index is -3.60.